The fourth-order valence-corrected chi connectivity index (χ4v) is 2.13. The van der Waals surface area contributed by atoms with Gasteiger partial charge in [-0.1, -0.05) is 12.1 Å². The summed E-state index contributed by atoms with van der Waals surface area (Å²) < 4.78 is 24.1. The van der Waals surface area contributed by atoms with Crippen LogP contribution in [0, 0.1) is 5.82 Å². The highest BCUT2D eigenvalue weighted by molar-refractivity contribution is 5.55. The SMILES string of the molecule is CC(O)c1cccc(OCc2ncc(-c3ccc(F)cc3)o2)c1. The number of aromatic nitrogens is 1. The smallest absolute Gasteiger partial charge is 0.232 e. The number of halogens is 1. The van der Waals surface area contributed by atoms with Crippen LogP contribution in [0.1, 0.15) is 24.5 Å². The summed E-state index contributed by atoms with van der Waals surface area (Å²) in [7, 11) is 0. The lowest BCUT2D eigenvalue weighted by atomic mass is 10.1. The molecule has 0 amide bonds. The molecule has 0 bridgehead atoms. The Hall–Kier alpha value is -2.66. The van der Waals surface area contributed by atoms with E-state index in [1.54, 1.807) is 37.4 Å². The lowest BCUT2D eigenvalue weighted by molar-refractivity contribution is 0.198. The molecule has 1 aromatic heterocycles. The van der Waals surface area contributed by atoms with Crippen molar-refractivity contribution in [1.29, 1.82) is 0 Å². The van der Waals surface area contributed by atoms with Crippen molar-refractivity contribution in [3.63, 3.8) is 0 Å². The molecular weight excluding hydrogens is 297 g/mol. The minimum atomic E-state index is -0.551. The fraction of sp³-hybridized carbons (Fsp3) is 0.167. The van der Waals surface area contributed by atoms with Gasteiger partial charge in [0.25, 0.3) is 0 Å². The number of oxazole rings is 1. The zero-order valence-corrected chi connectivity index (χ0v) is 12.6. The number of hydrogen-bond donors (Lipinski definition) is 1. The van der Waals surface area contributed by atoms with Gasteiger partial charge in [-0.25, -0.2) is 9.37 Å². The van der Waals surface area contributed by atoms with Gasteiger partial charge in [-0.2, -0.15) is 0 Å². The van der Waals surface area contributed by atoms with E-state index in [0.717, 1.165) is 11.1 Å². The van der Waals surface area contributed by atoms with Gasteiger partial charge < -0.3 is 14.3 Å². The monoisotopic (exact) mass is 313 g/mol. The third-order valence-corrected chi connectivity index (χ3v) is 3.39. The molecule has 0 aliphatic carbocycles. The van der Waals surface area contributed by atoms with E-state index in [2.05, 4.69) is 4.98 Å². The molecule has 0 fully saturated rings. The lowest BCUT2D eigenvalue weighted by Crippen LogP contribution is -1.97. The van der Waals surface area contributed by atoms with Crippen molar-refractivity contribution in [1.82, 2.24) is 4.98 Å². The van der Waals surface area contributed by atoms with Crippen molar-refractivity contribution in [2.24, 2.45) is 0 Å². The molecule has 0 spiro atoms. The standard InChI is InChI=1S/C18H16FNO3/c1-12(21)14-3-2-4-16(9-14)22-11-18-20-10-17(23-18)13-5-7-15(19)8-6-13/h2-10,12,21H,11H2,1H3. The van der Waals surface area contributed by atoms with Crippen LogP contribution in [0.15, 0.2) is 59.1 Å². The minimum Gasteiger partial charge on any atom is -0.484 e. The maximum atomic E-state index is 12.9. The van der Waals surface area contributed by atoms with E-state index in [1.807, 2.05) is 12.1 Å². The Bertz CT molecular complexity index is 781. The van der Waals surface area contributed by atoms with Gasteiger partial charge in [0.2, 0.25) is 5.89 Å². The summed E-state index contributed by atoms with van der Waals surface area (Å²) >= 11 is 0. The zero-order valence-electron chi connectivity index (χ0n) is 12.6. The van der Waals surface area contributed by atoms with Gasteiger partial charge in [0.1, 0.15) is 11.6 Å². The number of nitrogens with zero attached hydrogens (tertiary/aromatic N) is 1. The van der Waals surface area contributed by atoms with E-state index in [0.29, 0.717) is 17.4 Å². The van der Waals surface area contributed by atoms with E-state index in [1.165, 1.54) is 12.1 Å². The Kier molecular flexibility index (Phi) is 4.39. The van der Waals surface area contributed by atoms with Crippen molar-refractivity contribution in [2.45, 2.75) is 19.6 Å². The van der Waals surface area contributed by atoms with Crippen LogP contribution in [0.2, 0.25) is 0 Å². The first-order valence-electron chi connectivity index (χ1n) is 7.23. The van der Waals surface area contributed by atoms with Crippen molar-refractivity contribution in [2.75, 3.05) is 0 Å². The van der Waals surface area contributed by atoms with Crippen LogP contribution in [-0.2, 0) is 6.61 Å². The topological polar surface area (TPSA) is 55.5 Å². The van der Waals surface area contributed by atoms with Crippen LogP contribution in [-0.4, -0.2) is 10.1 Å². The summed E-state index contributed by atoms with van der Waals surface area (Å²) in [5.41, 5.74) is 1.53. The summed E-state index contributed by atoms with van der Waals surface area (Å²) in [6.07, 6.45) is 1.03. The van der Waals surface area contributed by atoms with Crippen molar-refractivity contribution in [3.05, 3.63) is 72.0 Å². The molecule has 1 atom stereocenters. The van der Waals surface area contributed by atoms with Crippen molar-refractivity contribution < 1.29 is 18.7 Å². The first-order chi connectivity index (χ1) is 11.1. The molecule has 0 saturated heterocycles. The number of hydrogen-bond acceptors (Lipinski definition) is 4. The van der Waals surface area contributed by atoms with Crippen molar-refractivity contribution in [3.8, 4) is 17.1 Å². The second-order valence-electron chi connectivity index (χ2n) is 5.16. The van der Waals surface area contributed by atoms with Crippen LogP contribution in [0.3, 0.4) is 0 Å². The van der Waals surface area contributed by atoms with E-state index in [9.17, 15) is 9.50 Å². The third-order valence-electron chi connectivity index (χ3n) is 3.39. The predicted octanol–water partition coefficient (Wildman–Crippen LogP) is 4.11. The summed E-state index contributed by atoms with van der Waals surface area (Å²) in [5, 5.41) is 9.57. The molecule has 0 aliphatic rings. The molecule has 0 aliphatic heterocycles. The molecule has 0 radical (unpaired) electrons. The van der Waals surface area contributed by atoms with Crippen LogP contribution >= 0.6 is 0 Å². The summed E-state index contributed by atoms with van der Waals surface area (Å²) in [6, 6.07) is 13.2. The highest BCUT2D eigenvalue weighted by atomic mass is 19.1. The average Bonchev–Trinajstić information content (AvgIpc) is 3.03. The number of aliphatic hydroxyl groups is 1. The van der Waals surface area contributed by atoms with Crippen molar-refractivity contribution >= 4 is 0 Å². The molecule has 2 aromatic carbocycles. The molecule has 4 nitrogen and oxygen atoms in total. The molecule has 3 aromatic rings. The molecule has 0 saturated carbocycles. The van der Waals surface area contributed by atoms with Crippen LogP contribution in [0.4, 0.5) is 4.39 Å². The van der Waals surface area contributed by atoms with Crippen LogP contribution in [0.25, 0.3) is 11.3 Å². The maximum absolute atomic E-state index is 12.9. The summed E-state index contributed by atoms with van der Waals surface area (Å²) in [4.78, 5) is 4.15. The maximum Gasteiger partial charge on any atom is 0.232 e. The zero-order chi connectivity index (χ0) is 16.2. The lowest BCUT2D eigenvalue weighted by Gasteiger charge is -2.08. The number of aliphatic hydroxyl groups excluding tert-OH is 1. The third kappa shape index (κ3) is 3.76. The fourth-order valence-electron chi connectivity index (χ4n) is 2.13. The Morgan fingerprint density at radius 3 is 2.74 bits per heavy atom. The minimum absolute atomic E-state index is 0.171. The van der Waals surface area contributed by atoms with Gasteiger partial charge >= 0.3 is 0 Å². The van der Waals surface area contributed by atoms with Gasteiger partial charge in [-0.05, 0) is 48.9 Å². The Balaban J connectivity index is 1.67. The predicted molar refractivity (Wildman–Crippen MR) is 83.3 cm³/mol. The molecule has 5 heteroatoms. The average molecular weight is 313 g/mol. The number of benzene rings is 2. The molecule has 3 rings (SSSR count). The molecule has 1 unspecified atom stereocenters. The largest absolute Gasteiger partial charge is 0.484 e. The first-order valence-corrected chi connectivity index (χ1v) is 7.23. The number of ether oxygens (including phenoxy) is 1. The Morgan fingerprint density at radius 1 is 1.22 bits per heavy atom. The van der Waals surface area contributed by atoms with E-state index >= 15 is 0 Å². The van der Waals surface area contributed by atoms with Gasteiger partial charge in [0, 0.05) is 5.56 Å². The van der Waals surface area contributed by atoms with E-state index < -0.39 is 6.10 Å². The molecule has 1 N–H and O–H groups in total. The van der Waals surface area contributed by atoms with E-state index in [-0.39, 0.29) is 12.4 Å². The molecular formula is C18H16FNO3. The normalized spacial score (nSPS) is 12.1. The molecule has 1 heterocycles. The van der Waals surface area contributed by atoms with Gasteiger partial charge in [0.05, 0.1) is 12.3 Å². The Labute approximate surface area is 133 Å². The second-order valence-corrected chi connectivity index (χ2v) is 5.16. The van der Waals surface area contributed by atoms with Crippen LogP contribution < -0.4 is 4.74 Å². The highest BCUT2D eigenvalue weighted by Gasteiger charge is 2.08. The highest BCUT2D eigenvalue weighted by Crippen LogP contribution is 2.23. The molecule has 23 heavy (non-hydrogen) atoms. The summed E-state index contributed by atoms with van der Waals surface area (Å²) in [5.74, 6) is 1.31. The van der Waals surface area contributed by atoms with Gasteiger partial charge in [0.15, 0.2) is 12.4 Å². The van der Waals surface area contributed by atoms with E-state index in [4.69, 9.17) is 9.15 Å². The summed E-state index contributed by atoms with van der Waals surface area (Å²) in [6.45, 7) is 1.87. The van der Waals surface area contributed by atoms with Crippen LogP contribution in [0.5, 0.6) is 5.75 Å². The second kappa shape index (κ2) is 6.62. The quantitative estimate of drug-likeness (QED) is 0.770. The Morgan fingerprint density at radius 2 is 2.00 bits per heavy atom. The number of rotatable bonds is 5. The molecule has 118 valence electrons. The van der Waals surface area contributed by atoms with Gasteiger partial charge in [-0.15, -0.1) is 0 Å². The van der Waals surface area contributed by atoms with Gasteiger partial charge in [-0.3, -0.25) is 0 Å². The first kappa shape index (κ1) is 15.2.